The Labute approximate surface area is 212 Å². The maximum atomic E-state index is 13.2. The lowest BCUT2D eigenvalue weighted by Gasteiger charge is -2.42. The molecule has 1 aliphatic rings. The lowest BCUT2D eigenvalue weighted by molar-refractivity contribution is -0.258. The molecular weight excluding hydrogens is 513 g/mol. The van der Waals surface area contributed by atoms with E-state index in [1.54, 1.807) is 17.5 Å². The van der Waals surface area contributed by atoms with Crippen LogP contribution in [0.3, 0.4) is 0 Å². The molecule has 4 rings (SSSR count). The van der Waals surface area contributed by atoms with E-state index in [1.165, 1.54) is 28.6 Å². The van der Waals surface area contributed by atoms with Gasteiger partial charge in [-0.1, -0.05) is 48.5 Å². The van der Waals surface area contributed by atoms with Crippen LogP contribution in [0, 0.1) is 0 Å². The van der Waals surface area contributed by atoms with Crippen LogP contribution in [0.5, 0.6) is 0 Å². The number of alkyl halides is 3. The molecular formula is C25H27F3N2O4S2. The quantitative estimate of drug-likeness (QED) is 0.452. The number of anilines is 1. The smallest absolute Gasteiger partial charge is 0.376 e. The first-order valence-corrected chi connectivity index (χ1v) is 13.6. The highest BCUT2D eigenvalue weighted by molar-refractivity contribution is 7.91. The first-order valence-electron chi connectivity index (χ1n) is 11.3. The summed E-state index contributed by atoms with van der Waals surface area (Å²) in [5.74, 6) is 0. The van der Waals surface area contributed by atoms with Gasteiger partial charge in [-0.15, -0.1) is 11.3 Å². The van der Waals surface area contributed by atoms with E-state index in [0.29, 0.717) is 18.8 Å². The first-order chi connectivity index (χ1) is 17.0. The summed E-state index contributed by atoms with van der Waals surface area (Å²) >= 11 is 1.15. The lowest BCUT2D eigenvalue weighted by atomic mass is 9.95. The summed E-state index contributed by atoms with van der Waals surface area (Å²) in [4.78, 5) is 1.94. The molecule has 1 aromatic heterocycles. The molecule has 2 aromatic carbocycles. The number of nitrogens with zero attached hydrogens (tertiary/aromatic N) is 2. The zero-order valence-corrected chi connectivity index (χ0v) is 21.2. The molecule has 2 atom stereocenters. The predicted molar refractivity (Wildman–Crippen MR) is 132 cm³/mol. The minimum Gasteiger partial charge on any atom is -0.376 e. The molecule has 0 bridgehead atoms. The first kappa shape index (κ1) is 26.6. The number of piperazine rings is 1. The van der Waals surface area contributed by atoms with E-state index in [0.717, 1.165) is 23.8 Å². The van der Waals surface area contributed by atoms with Crippen molar-refractivity contribution < 1.29 is 31.4 Å². The van der Waals surface area contributed by atoms with Crippen LogP contribution in [0.1, 0.15) is 18.1 Å². The number of hydrogen-bond acceptors (Lipinski definition) is 6. The average Bonchev–Trinajstić information content (AvgIpc) is 3.40. The standard InChI is InChI=1S/C25H27F3N2O4S2/c1-24(31,25(26,27)28)20-9-11-21(12-10-20)30-14-13-29(36(32,33)23-8-5-15-35-23)16-22(30)18-34-17-19-6-3-2-4-7-19/h2-12,15,22,31H,13-14,16-18H2,1H3/t22-,24-/m0/s1. The van der Waals surface area contributed by atoms with Crippen molar-refractivity contribution in [3.05, 3.63) is 83.2 Å². The summed E-state index contributed by atoms with van der Waals surface area (Å²) in [5, 5.41) is 11.7. The van der Waals surface area contributed by atoms with Crippen molar-refractivity contribution in [1.82, 2.24) is 4.31 Å². The van der Waals surface area contributed by atoms with E-state index < -0.39 is 21.8 Å². The van der Waals surface area contributed by atoms with Gasteiger partial charge in [-0.05, 0) is 41.6 Å². The van der Waals surface area contributed by atoms with Crippen LogP contribution in [0.4, 0.5) is 18.9 Å². The Hall–Kier alpha value is -2.44. The fourth-order valence-electron chi connectivity index (χ4n) is 4.09. The second kappa shape index (κ2) is 10.5. The van der Waals surface area contributed by atoms with Gasteiger partial charge in [-0.3, -0.25) is 0 Å². The minimum absolute atomic E-state index is 0.164. The van der Waals surface area contributed by atoms with E-state index in [-0.39, 0.29) is 35.5 Å². The fourth-order valence-corrected chi connectivity index (χ4v) is 6.71. The molecule has 6 nitrogen and oxygen atoms in total. The van der Waals surface area contributed by atoms with E-state index >= 15 is 0 Å². The molecule has 0 radical (unpaired) electrons. The summed E-state index contributed by atoms with van der Waals surface area (Å²) in [6.07, 6.45) is -4.82. The Balaban J connectivity index is 1.55. The Morgan fingerprint density at radius 2 is 1.72 bits per heavy atom. The Bertz CT molecular complexity index is 1230. The van der Waals surface area contributed by atoms with Crippen LogP contribution in [0.2, 0.25) is 0 Å². The number of benzene rings is 2. The molecule has 1 aliphatic heterocycles. The van der Waals surface area contributed by atoms with Gasteiger partial charge in [0, 0.05) is 25.3 Å². The number of sulfonamides is 1. The van der Waals surface area contributed by atoms with Crippen LogP contribution in [-0.2, 0) is 27.0 Å². The number of rotatable bonds is 8. The summed E-state index contributed by atoms with van der Waals surface area (Å²) in [6.45, 7) is 1.99. The second-order valence-corrected chi connectivity index (χ2v) is 11.9. The topological polar surface area (TPSA) is 70.1 Å². The number of thiophene rings is 1. The van der Waals surface area contributed by atoms with E-state index in [9.17, 15) is 26.7 Å². The highest BCUT2D eigenvalue weighted by Crippen LogP contribution is 2.39. The molecule has 0 unspecified atom stereocenters. The summed E-state index contributed by atoms with van der Waals surface area (Å²) in [6, 6.07) is 18.0. The zero-order valence-electron chi connectivity index (χ0n) is 19.6. The molecule has 1 saturated heterocycles. The molecule has 0 saturated carbocycles. The number of aliphatic hydroxyl groups is 1. The molecule has 0 amide bonds. The molecule has 1 fully saturated rings. The molecule has 0 aliphatic carbocycles. The largest absolute Gasteiger partial charge is 0.421 e. The third-order valence-electron chi connectivity index (χ3n) is 6.27. The van der Waals surface area contributed by atoms with Crippen molar-refractivity contribution in [3.8, 4) is 0 Å². The maximum absolute atomic E-state index is 13.2. The summed E-state index contributed by atoms with van der Waals surface area (Å²) in [7, 11) is -3.67. The van der Waals surface area contributed by atoms with Crippen molar-refractivity contribution in [2.45, 2.75) is 35.6 Å². The Kier molecular flexibility index (Phi) is 7.77. The third-order valence-corrected chi connectivity index (χ3v) is 9.51. The minimum atomic E-state index is -4.82. The molecule has 0 spiro atoms. The van der Waals surface area contributed by atoms with Gasteiger partial charge in [0.2, 0.25) is 0 Å². The van der Waals surface area contributed by atoms with Crippen LogP contribution >= 0.6 is 11.3 Å². The molecule has 1 N–H and O–H groups in total. The van der Waals surface area contributed by atoms with Crippen LogP contribution in [-0.4, -0.2) is 56.3 Å². The van der Waals surface area contributed by atoms with Crippen molar-refractivity contribution in [2.75, 3.05) is 31.1 Å². The van der Waals surface area contributed by atoms with Crippen LogP contribution in [0.25, 0.3) is 0 Å². The predicted octanol–water partition coefficient (Wildman–Crippen LogP) is 4.61. The van der Waals surface area contributed by atoms with Crippen molar-refractivity contribution in [3.63, 3.8) is 0 Å². The maximum Gasteiger partial charge on any atom is 0.421 e. The van der Waals surface area contributed by atoms with Gasteiger partial charge in [0.15, 0.2) is 5.60 Å². The van der Waals surface area contributed by atoms with E-state index in [4.69, 9.17) is 4.74 Å². The lowest BCUT2D eigenvalue weighted by Crippen LogP contribution is -2.56. The Morgan fingerprint density at radius 1 is 1.03 bits per heavy atom. The zero-order chi connectivity index (χ0) is 26.0. The summed E-state index contributed by atoms with van der Waals surface area (Å²) in [5.41, 5.74) is -1.65. The number of ether oxygens (including phenoxy) is 1. The van der Waals surface area contributed by atoms with Crippen LogP contribution in [0.15, 0.2) is 76.3 Å². The van der Waals surface area contributed by atoms with Gasteiger partial charge in [-0.2, -0.15) is 17.5 Å². The third kappa shape index (κ3) is 5.60. The average molecular weight is 541 g/mol. The van der Waals surface area contributed by atoms with Gasteiger partial charge in [0.05, 0.1) is 19.3 Å². The summed E-state index contributed by atoms with van der Waals surface area (Å²) < 4.78 is 73.6. The molecule has 36 heavy (non-hydrogen) atoms. The Morgan fingerprint density at radius 3 is 2.33 bits per heavy atom. The van der Waals surface area contributed by atoms with Gasteiger partial charge >= 0.3 is 6.18 Å². The highest BCUT2D eigenvalue weighted by atomic mass is 32.2. The van der Waals surface area contributed by atoms with Crippen LogP contribution < -0.4 is 4.90 Å². The monoisotopic (exact) mass is 540 g/mol. The SMILES string of the molecule is C[C@](O)(c1ccc(N2CCN(S(=O)(=O)c3cccs3)C[C@H]2COCc2ccccc2)cc1)C(F)(F)F. The van der Waals surface area contributed by atoms with Gasteiger partial charge < -0.3 is 14.7 Å². The second-order valence-electron chi connectivity index (χ2n) is 8.76. The van der Waals surface area contributed by atoms with Gasteiger partial charge in [0.25, 0.3) is 10.0 Å². The molecule has 3 aromatic rings. The molecule has 2 heterocycles. The van der Waals surface area contributed by atoms with Crippen molar-refractivity contribution in [1.29, 1.82) is 0 Å². The number of halogens is 3. The van der Waals surface area contributed by atoms with Gasteiger partial charge in [0.1, 0.15) is 4.21 Å². The normalized spacial score (nSPS) is 19.2. The van der Waals surface area contributed by atoms with Crippen molar-refractivity contribution >= 4 is 27.0 Å². The molecule has 11 heteroatoms. The van der Waals surface area contributed by atoms with Crippen molar-refractivity contribution in [2.24, 2.45) is 0 Å². The van der Waals surface area contributed by atoms with E-state index in [1.807, 2.05) is 35.2 Å². The van der Waals surface area contributed by atoms with Gasteiger partial charge in [-0.25, -0.2) is 8.42 Å². The molecule has 194 valence electrons. The number of hydrogen-bond donors (Lipinski definition) is 1. The van der Waals surface area contributed by atoms with E-state index in [2.05, 4.69) is 0 Å². The highest BCUT2D eigenvalue weighted by Gasteiger charge is 2.51. The fraction of sp³-hybridized carbons (Fsp3) is 0.360.